The third-order valence-corrected chi connectivity index (χ3v) is 2.76. The third kappa shape index (κ3) is 8.29. The van der Waals surface area contributed by atoms with E-state index in [9.17, 15) is 0 Å². The SMILES string of the molecule is C/C=C/C(N)=C\C=C\NC(=S)C(C)=NC(CC)CO. The zero-order chi connectivity index (χ0) is 14.7. The molecule has 0 aromatic rings. The fraction of sp³-hybridized carbons (Fsp3) is 0.429. The van der Waals surface area contributed by atoms with Crippen LogP contribution in [-0.4, -0.2) is 28.5 Å². The Bertz CT molecular complexity index is 393. The smallest absolute Gasteiger partial charge is 0.124 e. The lowest BCUT2D eigenvalue weighted by Gasteiger charge is -2.08. The van der Waals surface area contributed by atoms with E-state index >= 15 is 0 Å². The molecule has 0 amide bonds. The van der Waals surface area contributed by atoms with Gasteiger partial charge in [-0.3, -0.25) is 4.99 Å². The second-order valence-electron chi connectivity index (χ2n) is 3.96. The molecule has 106 valence electrons. The van der Waals surface area contributed by atoms with Crippen LogP contribution in [0.1, 0.15) is 27.2 Å². The highest BCUT2D eigenvalue weighted by Gasteiger charge is 2.04. The van der Waals surface area contributed by atoms with Crippen LogP contribution >= 0.6 is 12.2 Å². The minimum Gasteiger partial charge on any atom is -0.399 e. The van der Waals surface area contributed by atoms with Crippen molar-refractivity contribution in [1.29, 1.82) is 0 Å². The van der Waals surface area contributed by atoms with Crippen molar-refractivity contribution in [1.82, 2.24) is 5.32 Å². The third-order valence-electron chi connectivity index (χ3n) is 2.35. The average Bonchev–Trinajstić information content (AvgIpc) is 2.40. The summed E-state index contributed by atoms with van der Waals surface area (Å²) in [7, 11) is 0. The van der Waals surface area contributed by atoms with Crippen LogP contribution in [0, 0.1) is 0 Å². The highest BCUT2D eigenvalue weighted by molar-refractivity contribution is 7.82. The van der Waals surface area contributed by atoms with E-state index < -0.39 is 0 Å². The predicted octanol–water partition coefficient (Wildman–Crippen LogP) is 2.07. The molecule has 19 heavy (non-hydrogen) atoms. The molecule has 0 fully saturated rings. The molecule has 0 heterocycles. The molecule has 0 saturated heterocycles. The van der Waals surface area contributed by atoms with Gasteiger partial charge in [0.05, 0.1) is 18.4 Å². The average molecular weight is 281 g/mol. The Kier molecular flexibility index (Phi) is 9.66. The van der Waals surface area contributed by atoms with E-state index in [1.54, 1.807) is 18.4 Å². The predicted molar refractivity (Wildman–Crippen MR) is 86.2 cm³/mol. The van der Waals surface area contributed by atoms with Crippen molar-refractivity contribution in [2.45, 2.75) is 33.2 Å². The number of aliphatic hydroxyl groups is 1. The van der Waals surface area contributed by atoms with Gasteiger partial charge in [0.15, 0.2) is 0 Å². The minimum absolute atomic E-state index is 0.0366. The topological polar surface area (TPSA) is 70.6 Å². The molecule has 0 rings (SSSR count). The first-order chi connectivity index (χ1) is 9.04. The number of nitrogens with two attached hydrogens (primary N) is 1. The molecule has 4 nitrogen and oxygen atoms in total. The number of allylic oxidation sites excluding steroid dienone is 4. The van der Waals surface area contributed by atoms with Crippen molar-refractivity contribution in [3.63, 3.8) is 0 Å². The summed E-state index contributed by atoms with van der Waals surface area (Å²) < 4.78 is 0. The Morgan fingerprint density at radius 2 is 2.21 bits per heavy atom. The zero-order valence-corrected chi connectivity index (χ0v) is 12.6. The largest absolute Gasteiger partial charge is 0.399 e. The molecule has 1 unspecified atom stereocenters. The molecule has 5 heteroatoms. The Morgan fingerprint density at radius 1 is 1.53 bits per heavy atom. The lowest BCUT2D eigenvalue weighted by molar-refractivity contribution is 0.264. The second kappa shape index (κ2) is 10.5. The van der Waals surface area contributed by atoms with Gasteiger partial charge in [0.25, 0.3) is 0 Å². The first kappa shape index (κ1) is 17.5. The van der Waals surface area contributed by atoms with Gasteiger partial charge in [0.1, 0.15) is 4.99 Å². The van der Waals surface area contributed by atoms with Gasteiger partial charge in [-0.15, -0.1) is 0 Å². The summed E-state index contributed by atoms with van der Waals surface area (Å²) in [5, 5.41) is 12.0. The summed E-state index contributed by atoms with van der Waals surface area (Å²) in [5.74, 6) is 0. The van der Waals surface area contributed by atoms with Crippen molar-refractivity contribution < 1.29 is 5.11 Å². The number of aliphatic hydroxyl groups excluding tert-OH is 1. The van der Waals surface area contributed by atoms with E-state index in [0.29, 0.717) is 16.4 Å². The molecule has 0 bridgehead atoms. The minimum atomic E-state index is -0.0889. The van der Waals surface area contributed by atoms with Gasteiger partial charge in [-0.2, -0.15) is 0 Å². The number of thiocarbonyl (C=S) groups is 1. The summed E-state index contributed by atoms with van der Waals surface area (Å²) >= 11 is 5.18. The Hall–Kier alpha value is -1.46. The maximum atomic E-state index is 9.07. The van der Waals surface area contributed by atoms with Crippen LogP contribution < -0.4 is 11.1 Å². The van der Waals surface area contributed by atoms with E-state index in [0.717, 1.165) is 6.42 Å². The molecule has 1 atom stereocenters. The number of nitrogens with one attached hydrogen (secondary N) is 1. The summed E-state index contributed by atoms with van der Waals surface area (Å²) in [6.07, 6.45) is 9.71. The summed E-state index contributed by atoms with van der Waals surface area (Å²) in [5.41, 5.74) is 7.06. The van der Waals surface area contributed by atoms with Crippen molar-refractivity contribution in [3.05, 3.63) is 36.2 Å². The first-order valence-electron chi connectivity index (χ1n) is 6.26. The number of hydrogen-bond acceptors (Lipinski definition) is 4. The lowest BCUT2D eigenvalue weighted by Crippen LogP contribution is -2.25. The van der Waals surface area contributed by atoms with Gasteiger partial charge in [-0.05, 0) is 38.5 Å². The van der Waals surface area contributed by atoms with Gasteiger partial charge in [-0.1, -0.05) is 25.2 Å². The van der Waals surface area contributed by atoms with Crippen LogP contribution in [0.5, 0.6) is 0 Å². The first-order valence-corrected chi connectivity index (χ1v) is 6.67. The van der Waals surface area contributed by atoms with E-state index in [2.05, 4.69) is 10.3 Å². The Labute approximate surface area is 120 Å². The zero-order valence-electron chi connectivity index (χ0n) is 11.8. The van der Waals surface area contributed by atoms with Crippen molar-refractivity contribution in [2.24, 2.45) is 10.7 Å². The quantitative estimate of drug-likeness (QED) is 0.379. The van der Waals surface area contributed by atoms with Crippen molar-refractivity contribution >= 4 is 22.9 Å². The second-order valence-corrected chi connectivity index (χ2v) is 4.37. The van der Waals surface area contributed by atoms with Crippen LogP contribution in [0.25, 0.3) is 0 Å². The van der Waals surface area contributed by atoms with Gasteiger partial charge < -0.3 is 16.2 Å². The van der Waals surface area contributed by atoms with Crippen LogP contribution in [0.15, 0.2) is 41.2 Å². The van der Waals surface area contributed by atoms with Gasteiger partial charge >= 0.3 is 0 Å². The van der Waals surface area contributed by atoms with E-state index in [1.807, 2.05) is 32.9 Å². The molecule has 0 aromatic carbocycles. The summed E-state index contributed by atoms with van der Waals surface area (Å²) in [6, 6.07) is -0.0889. The number of aliphatic imine (C=N–C) groups is 1. The Balaban J connectivity index is 4.39. The van der Waals surface area contributed by atoms with Crippen molar-refractivity contribution in [2.75, 3.05) is 6.61 Å². The van der Waals surface area contributed by atoms with E-state index in [-0.39, 0.29) is 12.6 Å². The normalized spacial score (nSPS) is 15.2. The van der Waals surface area contributed by atoms with Crippen molar-refractivity contribution in [3.8, 4) is 0 Å². The van der Waals surface area contributed by atoms with Crippen LogP contribution in [-0.2, 0) is 0 Å². The van der Waals surface area contributed by atoms with Crippen LogP contribution in [0.4, 0.5) is 0 Å². The fourth-order valence-corrected chi connectivity index (χ4v) is 1.35. The Morgan fingerprint density at radius 3 is 2.74 bits per heavy atom. The maximum Gasteiger partial charge on any atom is 0.124 e. The van der Waals surface area contributed by atoms with Crippen LogP contribution in [0.3, 0.4) is 0 Å². The highest BCUT2D eigenvalue weighted by Crippen LogP contribution is 1.97. The standard InChI is InChI=1S/C14H23N3OS/c1-4-7-12(15)8-6-9-16-14(19)11(3)17-13(5-2)10-18/h4,6-9,13,18H,5,10,15H2,1-3H3,(H,16,19)/b7-4+,9-6+,12-8+,17-11?. The summed E-state index contributed by atoms with van der Waals surface area (Å²) in [4.78, 5) is 4.88. The van der Waals surface area contributed by atoms with E-state index in [4.69, 9.17) is 23.1 Å². The number of hydrogen-bond donors (Lipinski definition) is 3. The monoisotopic (exact) mass is 281 g/mol. The molecule has 0 aliphatic heterocycles. The molecule has 0 saturated carbocycles. The van der Waals surface area contributed by atoms with Gasteiger partial charge in [0.2, 0.25) is 0 Å². The number of rotatable bonds is 7. The summed E-state index contributed by atoms with van der Waals surface area (Å²) in [6.45, 7) is 5.74. The maximum absolute atomic E-state index is 9.07. The molecule has 0 radical (unpaired) electrons. The van der Waals surface area contributed by atoms with Gasteiger partial charge in [-0.25, -0.2) is 0 Å². The molecule has 0 aliphatic carbocycles. The van der Waals surface area contributed by atoms with Gasteiger partial charge in [0, 0.05) is 11.9 Å². The molecule has 0 aliphatic rings. The number of nitrogens with zero attached hydrogens (tertiary/aromatic N) is 1. The van der Waals surface area contributed by atoms with E-state index in [1.165, 1.54) is 0 Å². The fourth-order valence-electron chi connectivity index (χ4n) is 1.23. The molecular formula is C14H23N3OS. The van der Waals surface area contributed by atoms with Crippen LogP contribution in [0.2, 0.25) is 0 Å². The molecular weight excluding hydrogens is 258 g/mol. The molecule has 0 spiro atoms. The lowest BCUT2D eigenvalue weighted by atomic mass is 10.2. The molecule has 0 aromatic heterocycles. The highest BCUT2D eigenvalue weighted by atomic mass is 32.1. The molecule has 4 N–H and O–H groups in total.